The monoisotopic (exact) mass is 319 g/mol. The second-order valence-corrected chi connectivity index (χ2v) is 5.20. The number of rotatable bonds is 4. The Hall–Kier alpha value is -1.68. The van der Waals surface area contributed by atoms with Gasteiger partial charge in [0.1, 0.15) is 5.92 Å². The van der Waals surface area contributed by atoms with Crippen LogP contribution in [0.3, 0.4) is 0 Å². The van der Waals surface area contributed by atoms with E-state index >= 15 is 0 Å². The Labute approximate surface area is 120 Å². The summed E-state index contributed by atoms with van der Waals surface area (Å²) in [5.74, 6) is -1.50. The van der Waals surface area contributed by atoms with Gasteiger partial charge in [-0.1, -0.05) is 30.3 Å². The predicted molar refractivity (Wildman–Crippen MR) is 77.2 cm³/mol. The van der Waals surface area contributed by atoms with Gasteiger partial charge in [-0.05, 0) is 46.5 Å². The van der Waals surface area contributed by atoms with Gasteiger partial charge in [0, 0.05) is 10.7 Å². The minimum atomic E-state index is -0.859. The Morgan fingerprint density at radius 1 is 1.32 bits per heavy atom. The van der Waals surface area contributed by atoms with Crippen LogP contribution in [0, 0.1) is 6.92 Å². The number of nitrogens with zero attached hydrogens (tertiary/aromatic N) is 1. The lowest BCUT2D eigenvalue weighted by atomic mass is 9.95. The van der Waals surface area contributed by atoms with Crippen LogP contribution in [-0.2, 0) is 11.2 Å². The second-order valence-electron chi connectivity index (χ2n) is 4.41. The van der Waals surface area contributed by atoms with Gasteiger partial charge in [0.05, 0.1) is 5.69 Å². The maximum atomic E-state index is 11.5. The standard InChI is InChI=1S/C15H14BrNO2/c1-10-7-8-17-14(13(10)16)12(15(18)19)9-11-5-3-2-4-6-11/h2-8,12H,9H2,1H3,(H,18,19). The second kappa shape index (κ2) is 5.97. The van der Waals surface area contributed by atoms with Crippen molar-refractivity contribution in [3.05, 3.63) is 63.9 Å². The van der Waals surface area contributed by atoms with E-state index in [-0.39, 0.29) is 0 Å². The summed E-state index contributed by atoms with van der Waals surface area (Å²) in [4.78, 5) is 15.7. The first-order chi connectivity index (χ1) is 9.09. The molecule has 1 aromatic heterocycles. The molecule has 1 N–H and O–H groups in total. The molecule has 98 valence electrons. The van der Waals surface area contributed by atoms with Crippen molar-refractivity contribution >= 4 is 21.9 Å². The van der Waals surface area contributed by atoms with Crippen molar-refractivity contribution in [3.63, 3.8) is 0 Å². The number of pyridine rings is 1. The number of hydrogen-bond donors (Lipinski definition) is 1. The fraction of sp³-hybridized carbons (Fsp3) is 0.200. The Morgan fingerprint density at radius 2 is 2.00 bits per heavy atom. The molecule has 0 spiro atoms. The number of aryl methyl sites for hydroxylation is 1. The molecule has 3 nitrogen and oxygen atoms in total. The van der Waals surface area contributed by atoms with Gasteiger partial charge in [0.15, 0.2) is 0 Å². The molecule has 0 aliphatic carbocycles. The molecule has 1 unspecified atom stereocenters. The molecular weight excluding hydrogens is 306 g/mol. The molecule has 1 aromatic carbocycles. The van der Waals surface area contributed by atoms with Gasteiger partial charge in [0.2, 0.25) is 0 Å². The van der Waals surface area contributed by atoms with Crippen LogP contribution in [0.25, 0.3) is 0 Å². The first-order valence-corrected chi connectivity index (χ1v) is 6.76. The van der Waals surface area contributed by atoms with Crippen LogP contribution in [0.4, 0.5) is 0 Å². The zero-order valence-corrected chi connectivity index (χ0v) is 12.1. The Morgan fingerprint density at radius 3 is 2.63 bits per heavy atom. The molecule has 0 fully saturated rings. The smallest absolute Gasteiger partial charge is 0.312 e. The summed E-state index contributed by atoms with van der Waals surface area (Å²) in [6.07, 6.45) is 2.08. The minimum Gasteiger partial charge on any atom is -0.481 e. The molecule has 0 bridgehead atoms. The van der Waals surface area contributed by atoms with E-state index in [4.69, 9.17) is 0 Å². The lowest BCUT2D eigenvalue weighted by Crippen LogP contribution is -2.16. The molecule has 0 saturated heterocycles. The third kappa shape index (κ3) is 3.20. The van der Waals surface area contributed by atoms with E-state index in [2.05, 4.69) is 20.9 Å². The van der Waals surface area contributed by atoms with Crippen molar-refractivity contribution in [1.29, 1.82) is 0 Å². The van der Waals surface area contributed by atoms with Crippen molar-refractivity contribution in [3.8, 4) is 0 Å². The molecule has 1 heterocycles. The first kappa shape index (κ1) is 13.7. The number of halogens is 1. The summed E-state index contributed by atoms with van der Waals surface area (Å²) < 4.78 is 0.776. The molecule has 0 aliphatic heterocycles. The van der Waals surface area contributed by atoms with Crippen molar-refractivity contribution in [2.45, 2.75) is 19.3 Å². The van der Waals surface area contributed by atoms with Gasteiger partial charge in [-0.25, -0.2) is 0 Å². The summed E-state index contributed by atoms with van der Waals surface area (Å²) in [5, 5.41) is 9.44. The first-order valence-electron chi connectivity index (χ1n) is 5.97. The molecule has 19 heavy (non-hydrogen) atoms. The van der Waals surface area contributed by atoms with Gasteiger partial charge >= 0.3 is 5.97 Å². The van der Waals surface area contributed by atoms with Crippen LogP contribution in [-0.4, -0.2) is 16.1 Å². The number of aliphatic carboxylic acids is 1. The van der Waals surface area contributed by atoms with E-state index in [1.54, 1.807) is 6.20 Å². The number of carboxylic acid groups (broad SMARTS) is 1. The summed E-state index contributed by atoms with van der Waals surface area (Å²) >= 11 is 3.44. The molecular formula is C15H14BrNO2. The lowest BCUT2D eigenvalue weighted by molar-refractivity contribution is -0.138. The number of carboxylic acids is 1. The van der Waals surface area contributed by atoms with Gasteiger partial charge < -0.3 is 5.11 Å². The maximum Gasteiger partial charge on any atom is 0.312 e. The zero-order chi connectivity index (χ0) is 13.8. The highest BCUT2D eigenvalue weighted by Gasteiger charge is 2.24. The van der Waals surface area contributed by atoms with Crippen LogP contribution >= 0.6 is 15.9 Å². The third-order valence-corrected chi connectivity index (χ3v) is 4.05. The number of hydrogen-bond acceptors (Lipinski definition) is 2. The van der Waals surface area contributed by atoms with Gasteiger partial charge in [-0.3, -0.25) is 9.78 Å². The molecule has 0 radical (unpaired) electrons. The third-order valence-electron chi connectivity index (χ3n) is 3.02. The zero-order valence-electron chi connectivity index (χ0n) is 10.5. The average molecular weight is 320 g/mol. The fourth-order valence-electron chi connectivity index (χ4n) is 1.95. The van der Waals surface area contributed by atoms with Gasteiger partial charge in [-0.15, -0.1) is 0 Å². The topological polar surface area (TPSA) is 50.2 Å². The molecule has 1 atom stereocenters. The van der Waals surface area contributed by atoms with Crippen LogP contribution in [0.5, 0.6) is 0 Å². The van der Waals surface area contributed by atoms with Crippen LogP contribution in [0.1, 0.15) is 22.7 Å². The van der Waals surface area contributed by atoms with Gasteiger partial charge in [0.25, 0.3) is 0 Å². The van der Waals surface area contributed by atoms with Crippen molar-refractivity contribution in [2.24, 2.45) is 0 Å². The van der Waals surface area contributed by atoms with Crippen molar-refractivity contribution in [2.75, 3.05) is 0 Å². The fourth-order valence-corrected chi connectivity index (χ4v) is 2.47. The van der Waals surface area contributed by atoms with E-state index in [1.807, 2.05) is 43.3 Å². The van der Waals surface area contributed by atoms with Crippen molar-refractivity contribution < 1.29 is 9.90 Å². The SMILES string of the molecule is Cc1ccnc(C(Cc2ccccc2)C(=O)O)c1Br. The Balaban J connectivity index is 2.36. The van der Waals surface area contributed by atoms with Crippen molar-refractivity contribution in [1.82, 2.24) is 4.98 Å². The summed E-state index contributed by atoms with van der Waals surface area (Å²) in [7, 11) is 0. The normalized spacial score (nSPS) is 12.1. The molecule has 0 aliphatic rings. The number of carbonyl (C=O) groups is 1. The summed E-state index contributed by atoms with van der Waals surface area (Å²) in [5.41, 5.74) is 2.56. The lowest BCUT2D eigenvalue weighted by Gasteiger charge is -2.14. The predicted octanol–water partition coefficient (Wildman–Crippen LogP) is 3.56. The molecule has 2 aromatic rings. The van der Waals surface area contributed by atoms with E-state index in [0.717, 1.165) is 15.6 Å². The summed E-state index contributed by atoms with van der Waals surface area (Å²) in [6, 6.07) is 11.5. The molecule has 4 heteroatoms. The van der Waals surface area contributed by atoms with E-state index in [0.29, 0.717) is 12.1 Å². The van der Waals surface area contributed by atoms with E-state index in [1.165, 1.54) is 0 Å². The quantitative estimate of drug-likeness (QED) is 0.937. The number of aromatic nitrogens is 1. The van der Waals surface area contributed by atoms with E-state index in [9.17, 15) is 9.90 Å². The highest BCUT2D eigenvalue weighted by molar-refractivity contribution is 9.10. The maximum absolute atomic E-state index is 11.5. The molecule has 0 amide bonds. The van der Waals surface area contributed by atoms with Crippen LogP contribution < -0.4 is 0 Å². The van der Waals surface area contributed by atoms with Crippen LogP contribution in [0.2, 0.25) is 0 Å². The summed E-state index contributed by atoms with van der Waals surface area (Å²) in [6.45, 7) is 1.93. The molecule has 0 saturated carbocycles. The highest BCUT2D eigenvalue weighted by atomic mass is 79.9. The average Bonchev–Trinajstić information content (AvgIpc) is 2.40. The van der Waals surface area contributed by atoms with Crippen LogP contribution in [0.15, 0.2) is 47.1 Å². The Bertz CT molecular complexity index is 584. The molecule has 2 rings (SSSR count). The number of benzene rings is 1. The van der Waals surface area contributed by atoms with E-state index < -0.39 is 11.9 Å². The largest absolute Gasteiger partial charge is 0.481 e. The minimum absolute atomic E-state index is 0.436. The highest BCUT2D eigenvalue weighted by Crippen LogP contribution is 2.28. The Kier molecular flexibility index (Phi) is 4.32. The van der Waals surface area contributed by atoms with Gasteiger partial charge in [-0.2, -0.15) is 0 Å².